The van der Waals surface area contributed by atoms with Gasteiger partial charge in [0.15, 0.2) is 6.23 Å². The molecule has 1 aromatic carbocycles. The molecule has 0 bridgehead atoms. The largest absolute Gasteiger partial charge is 0.388 e. The maximum Gasteiger partial charge on any atom is 0.206 e. The van der Waals surface area contributed by atoms with E-state index in [1.54, 1.807) is 18.7 Å². The second kappa shape index (κ2) is 6.72. The number of halogens is 1. The zero-order valence-corrected chi connectivity index (χ0v) is 15.6. The smallest absolute Gasteiger partial charge is 0.206 e. The normalized spacial score (nSPS) is 27.3. The molecule has 0 saturated carbocycles. The van der Waals surface area contributed by atoms with Gasteiger partial charge in [-0.2, -0.15) is 0 Å². The van der Waals surface area contributed by atoms with Crippen LogP contribution in [0.4, 0.5) is 5.95 Å². The number of aromatic nitrogens is 2. The van der Waals surface area contributed by atoms with Gasteiger partial charge in [-0.15, -0.1) is 11.8 Å². The topological polar surface area (TPSA) is 79.5 Å². The van der Waals surface area contributed by atoms with Gasteiger partial charge in [0.05, 0.1) is 22.2 Å². The Morgan fingerprint density at radius 3 is 2.58 bits per heavy atom. The highest BCUT2D eigenvalue weighted by Crippen LogP contribution is 2.38. The van der Waals surface area contributed by atoms with Crippen molar-refractivity contribution in [2.75, 3.05) is 11.6 Å². The van der Waals surface area contributed by atoms with E-state index in [-0.39, 0.29) is 6.04 Å². The van der Waals surface area contributed by atoms with Crippen LogP contribution in [-0.2, 0) is 4.74 Å². The van der Waals surface area contributed by atoms with Gasteiger partial charge < -0.3 is 20.3 Å². The van der Waals surface area contributed by atoms with Crippen molar-refractivity contribution in [2.45, 2.75) is 56.2 Å². The summed E-state index contributed by atoms with van der Waals surface area (Å²) in [5.41, 5.74) is 1.52. The molecule has 6 nitrogen and oxygen atoms in total. The van der Waals surface area contributed by atoms with Crippen LogP contribution in [0.15, 0.2) is 17.0 Å². The summed E-state index contributed by atoms with van der Waals surface area (Å²) in [6.07, 6.45) is -1.18. The van der Waals surface area contributed by atoms with E-state index in [9.17, 15) is 10.2 Å². The number of nitrogens with zero attached hydrogens (tertiary/aromatic N) is 2. The van der Waals surface area contributed by atoms with E-state index < -0.39 is 24.5 Å². The second-order valence-corrected chi connectivity index (χ2v) is 7.55. The zero-order chi connectivity index (χ0) is 17.6. The number of aliphatic hydroxyl groups excluding tert-OH is 2. The van der Waals surface area contributed by atoms with Crippen LogP contribution in [0.5, 0.6) is 0 Å². The van der Waals surface area contributed by atoms with E-state index in [1.807, 2.05) is 36.8 Å². The highest BCUT2D eigenvalue weighted by molar-refractivity contribution is 7.98. The lowest BCUT2D eigenvalue weighted by Gasteiger charge is -2.21. The van der Waals surface area contributed by atoms with Crippen LogP contribution in [0.25, 0.3) is 11.0 Å². The summed E-state index contributed by atoms with van der Waals surface area (Å²) >= 11 is 7.83. The molecule has 0 unspecified atom stereocenters. The average Bonchev–Trinajstić information content (AvgIpc) is 2.97. The number of hydrogen-bond acceptors (Lipinski definition) is 6. The Hall–Kier alpha value is -0.990. The number of rotatable bonds is 4. The molecule has 3 rings (SSSR count). The molecule has 0 amide bonds. The van der Waals surface area contributed by atoms with E-state index in [1.165, 1.54) is 0 Å². The Labute approximate surface area is 150 Å². The molecular formula is C16H22ClN3O3S. The number of fused-ring (bicyclic) bond motifs is 1. The zero-order valence-electron chi connectivity index (χ0n) is 14.0. The molecule has 0 radical (unpaired) electrons. The van der Waals surface area contributed by atoms with Crippen LogP contribution in [0.1, 0.15) is 27.0 Å². The fourth-order valence-corrected chi connectivity index (χ4v) is 3.78. The van der Waals surface area contributed by atoms with Gasteiger partial charge in [0, 0.05) is 10.9 Å². The molecule has 1 aliphatic rings. The number of aliphatic hydroxyl groups is 2. The molecule has 1 saturated heterocycles. The SMILES string of the molecule is CSc1cc2c(cc1Cl)nc(NC(C)C)n2[C@@H]1O[C@H](C)[C@@H](O)[C@H]1O. The van der Waals surface area contributed by atoms with Crippen LogP contribution in [-0.4, -0.2) is 50.4 Å². The van der Waals surface area contributed by atoms with Crippen LogP contribution < -0.4 is 5.32 Å². The molecule has 1 aromatic heterocycles. The van der Waals surface area contributed by atoms with E-state index >= 15 is 0 Å². The molecule has 132 valence electrons. The third-order valence-corrected chi connectivity index (χ3v) is 5.31. The standard InChI is InChI=1S/C16H22ClN3O3S/c1-7(2)18-16-19-10-5-9(17)12(24-4)6-11(10)20(16)15-14(22)13(21)8(3)23-15/h5-8,13-15,21-22H,1-4H3,(H,18,19)/t8-,13-,14-,15-/m1/s1. The van der Waals surface area contributed by atoms with Crippen molar-refractivity contribution in [3.05, 3.63) is 17.2 Å². The Morgan fingerprint density at radius 2 is 2.04 bits per heavy atom. The molecule has 8 heteroatoms. The summed E-state index contributed by atoms with van der Waals surface area (Å²) in [6, 6.07) is 3.90. The molecule has 1 aliphatic heterocycles. The summed E-state index contributed by atoms with van der Waals surface area (Å²) in [6.45, 7) is 5.76. The maximum atomic E-state index is 10.4. The first kappa shape index (κ1) is 17.8. The number of imidazole rings is 1. The minimum atomic E-state index is -1.03. The molecule has 1 fully saturated rings. The van der Waals surface area contributed by atoms with E-state index in [2.05, 4.69) is 10.3 Å². The minimum Gasteiger partial charge on any atom is -0.388 e. The predicted molar refractivity (Wildman–Crippen MR) is 96.9 cm³/mol. The van der Waals surface area contributed by atoms with E-state index in [0.29, 0.717) is 16.5 Å². The van der Waals surface area contributed by atoms with Gasteiger partial charge in [0.25, 0.3) is 0 Å². The van der Waals surface area contributed by atoms with Gasteiger partial charge in [-0.1, -0.05) is 11.6 Å². The molecule has 0 aliphatic carbocycles. The summed E-state index contributed by atoms with van der Waals surface area (Å²) in [4.78, 5) is 5.52. The number of nitrogens with one attached hydrogen (secondary N) is 1. The lowest BCUT2D eigenvalue weighted by atomic mass is 10.1. The van der Waals surface area contributed by atoms with Crippen molar-refractivity contribution in [1.82, 2.24) is 9.55 Å². The highest BCUT2D eigenvalue weighted by atomic mass is 35.5. The van der Waals surface area contributed by atoms with Crippen molar-refractivity contribution >= 4 is 40.3 Å². The van der Waals surface area contributed by atoms with Crippen molar-refractivity contribution < 1.29 is 14.9 Å². The summed E-state index contributed by atoms with van der Waals surface area (Å²) in [5.74, 6) is 0.583. The fraction of sp³-hybridized carbons (Fsp3) is 0.562. The van der Waals surface area contributed by atoms with Gasteiger partial charge >= 0.3 is 0 Å². The third-order valence-electron chi connectivity index (χ3n) is 4.11. The molecule has 3 N–H and O–H groups in total. The van der Waals surface area contributed by atoms with Gasteiger partial charge in [-0.3, -0.25) is 4.57 Å². The van der Waals surface area contributed by atoms with Crippen LogP contribution in [0.2, 0.25) is 5.02 Å². The molecule has 0 spiro atoms. The maximum absolute atomic E-state index is 10.4. The molecular weight excluding hydrogens is 350 g/mol. The Morgan fingerprint density at radius 1 is 1.33 bits per heavy atom. The van der Waals surface area contributed by atoms with Crippen LogP contribution in [0, 0.1) is 0 Å². The highest BCUT2D eigenvalue weighted by Gasteiger charge is 2.42. The molecule has 2 aromatic rings. The quantitative estimate of drug-likeness (QED) is 0.717. The monoisotopic (exact) mass is 371 g/mol. The summed E-state index contributed by atoms with van der Waals surface area (Å²) in [7, 11) is 0. The summed E-state index contributed by atoms with van der Waals surface area (Å²) in [5, 5.41) is 24.4. The van der Waals surface area contributed by atoms with Gasteiger partial charge in [-0.05, 0) is 39.2 Å². The lowest BCUT2D eigenvalue weighted by Crippen LogP contribution is -2.31. The third kappa shape index (κ3) is 2.99. The van der Waals surface area contributed by atoms with Gasteiger partial charge in [0.2, 0.25) is 5.95 Å². The van der Waals surface area contributed by atoms with Crippen molar-refractivity contribution in [2.24, 2.45) is 0 Å². The Kier molecular flexibility index (Phi) is 4.99. The predicted octanol–water partition coefficient (Wildman–Crippen LogP) is 2.87. The van der Waals surface area contributed by atoms with Gasteiger partial charge in [0.1, 0.15) is 12.2 Å². The van der Waals surface area contributed by atoms with Gasteiger partial charge in [-0.25, -0.2) is 4.98 Å². The van der Waals surface area contributed by atoms with Crippen molar-refractivity contribution in [1.29, 1.82) is 0 Å². The second-order valence-electron chi connectivity index (χ2n) is 6.29. The van der Waals surface area contributed by atoms with Crippen molar-refractivity contribution in [3.63, 3.8) is 0 Å². The number of ether oxygens (including phenoxy) is 1. The number of benzene rings is 1. The first-order valence-corrected chi connectivity index (χ1v) is 9.47. The van der Waals surface area contributed by atoms with Crippen LogP contribution in [0.3, 0.4) is 0 Å². The first-order chi connectivity index (χ1) is 11.3. The van der Waals surface area contributed by atoms with E-state index in [0.717, 1.165) is 10.4 Å². The number of anilines is 1. The van der Waals surface area contributed by atoms with E-state index in [4.69, 9.17) is 16.3 Å². The molecule has 2 heterocycles. The molecule has 4 atom stereocenters. The number of hydrogen-bond donors (Lipinski definition) is 3. The lowest BCUT2D eigenvalue weighted by molar-refractivity contribution is -0.0284. The first-order valence-electron chi connectivity index (χ1n) is 7.87. The van der Waals surface area contributed by atoms with Crippen LogP contribution >= 0.6 is 23.4 Å². The Bertz CT molecular complexity index is 752. The fourth-order valence-electron chi connectivity index (χ4n) is 2.91. The average molecular weight is 372 g/mol. The summed E-state index contributed by atoms with van der Waals surface area (Å²) < 4.78 is 7.62. The Balaban J connectivity index is 2.19. The minimum absolute atomic E-state index is 0.150. The number of thioether (sulfide) groups is 1. The van der Waals surface area contributed by atoms with Crippen molar-refractivity contribution in [3.8, 4) is 0 Å². The molecule has 24 heavy (non-hydrogen) atoms.